The molecule has 2 N–H and O–H groups in total. The molecule has 0 bridgehead atoms. The highest BCUT2D eigenvalue weighted by Gasteiger charge is 2.24. The molecular formula is C14H18BrFN2O. The van der Waals surface area contributed by atoms with Crippen LogP contribution < -0.4 is 5.73 Å². The van der Waals surface area contributed by atoms with E-state index in [0.717, 1.165) is 18.4 Å². The van der Waals surface area contributed by atoms with Crippen molar-refractivity contribution in [2.45, 2.75) is 38.3 Å². The van der Waals surface area contributed by atoms with E-state index in [0.29, 0.717) is 17.1 Å². The number of hydrogen-bond acceptors (Lipinski definition) is 2. The predicted molar refractivity (Wildman–Crippen MR) is 76.0 cm³/mol. The second-order valence-electron chi connectivity index (χ2n) is 5.09. The van der Waals surface area contributed by atoms with Crippen molar-refractivity contribution in [3.63, 3.8) is 0 Å². The molecule has 0 radical (unpaired) electrons. The zero-order valence-electron chi connectivity index (χ0n) is 10.7. The number of primary amides is 1. The zero-order valence-corrected chi connectivity index (χ0v) is 12.3. The Balaban J connectivity index is 2.11. The highest BCUT2D eigenvalue weighted by molar-refractivity contribution is 9.10. The quantitative estimate of drug-likeness (QED) is 0.903. The minimum atomic E-state index is -0.331. The summed E-state index contributed by atoms with van der Waals surface area (Å²) in [6.45, 7) is 0.794. The Labute approximate surface area is 121 Å². The number of carbonyl (C=O) groups is 1. The summed E-state index contributed by atoms with van der Waals surface area (Å²) in [6, 6.07) is 5.20. The van der Waals surface area contributed by atoms with Gasteiger partial charge in [-0.15, -0.1) is 0 Å². The first-order valence-electron chi connectivity index (χ1n) is 6.52. The van der Waals surface area contributed by atoms with Crippen LogP contribution in [0.15, 0.2) is 22.7 Å². The number of nitrogens with zero attached hydrogens (tertiary/aromatic N) is 1. The van der Waals surface area contributed by atoms with Gasteiger partial charge in [-0.1, -0.05) is 28.8 Å². The number of hydrogen-bond donors (Lipinski definition) is 1. The van der Waals surface area contributed by atoms with Crippen molar-refractivity contribution in [1.29, 1.82) is 0 Å². The fourth-order valence-corrected chi connectivity index (χ4v) is 3.23. The van der Waals surface area contributed by atoms with E-state index < -0.39 is 0 Å². The van der Waals surface area contributed by atoms with Gasteiger partial charge in [0.2, 0.25) is 5.91 Å². The molecule has 0 spiro atoms. The Hall–Kier alpha value is -0.940. The first-order valence-corrected chi connectivity index (χ1v) is 7.31. The van der Waals surface area contributed by atoms with E-state index in [2.05, 4.69) is 20.8 Å². The second kappa shape index (κ2) is 6.48. The van der Waals surface area contributed by atoms with Crippen molar-refractivity contribution in [2.24, 2.45) is 5.73 Å². The molecule has 1 fully saturated rings. The topological polar surface area (TPSA) is 46.3 Å². The zero-order chi connectivity index (χ0) is 13.8. The first kappa shape index (κ1) is 14.5. The molecule has 5 heteroatoms. The largest absolute Gasteiger partial charge is 0.369 e. The molecule has 1 saturated carbocycles. The fraction of sp³-hybridized carbons (Fsp3) is 0.500. The lowest BCUT2D eigenvalue weighted by atomic mass is 10.1. The lowest BCUT2D eigenvalue weighted by molar-refractivity contribution is -0.119. The smallest absolute Gasteiger partial charge is 0.231 e. The number of rotatable bonds is 5. The maximum atomic E-state index is 13.4. The summed E-state index contributed by atoms with van der Waals surface area (Å²) in [5, 5.41) is 0. The molecule has 1 aliphatic carbocycles. The van der Waals surface area contributed by atoms with E-state index in [1.807, 2.05) is 6.07 Å². The second-order valence-corrected chi connectivity index (χ2v) is 6.00. The van der Waals surface area contributed by atoms with Crippen molar-refractivity contribution in [3.05, 3.63) is 34.1 Å². The molecule has 1 aromatic carbocycles. The van der Waals surface area contributed by atoms with E-state index in [1.165, 1.54) is 25.0 Å². The molecule has 0 unspecified atom stereocenters. The van der Waals surface area contributed by atoms with Crippen LogP contribution in [0.25, 0.3) is 0 Å². The standard InChI is InChI=1S/C14H18BrFN2O/c15-11-5-10(6-12(16)7-11)8-18(9-14(17)19)13-3-1-2-4-13/h5-7,13H,1-4,8-9H2,(H2,17,19). The Morgan fingerprint density at radius 3 is 2.63 bits per heavy atom. The molecule has 0 heterocycles. The molecular weight excluding hydrogens is 311 g/mol. The summed E-state index contributed by atoms with van der Waals surface area (Å²) < 4.78 is 14.1. The van der Waals surface area contributed by atoms with Gasteiger partial charge >= 0.3 is 0 Å². The molecule has 19 heavy (non-hydrogen) atoms. The summed E-state index contributed by atoms with van der Waals surface area (Å²) in [5.41, 5.74) is 6.17. The van der Waals surface area contributed by atoms with Crippen LogP contribution in [0.2, 0.25) is 0 Å². The number of amides is 1. The van der Waals surface area contributed by atoms with Crippen LogP contribution in [-0.4, -0.2) is 23.4 Å². The molecule has 1 amide bonds. The van der Waals surface area contributed by atoms with Crippen molar-refractivity contribution >= 4 is 21.8 Å². The van der Waals surface area contributed by atoms with Gasteiger partial charge in [-0.2, -0.15) is 0 Å². The van der Waals surface area contributed by atoms with E-state index in [9.17, 15) is 9.18 Å². The van der Waals surface area contributed by atoms with Gasteiger partial charge < -0.3 is 5.73 Å². The molecule has 2 rings (SSSR count). The predicted octanol–water partition coefficient (Wildman–Crippen LogP) is 2.82. The van der Waals surface area contributed by atoms with Crippen LogP contribution in [0.5, 0.6) is 0 Å². The number of carbonyl (C=O) groups excluding carboxylic acids is 1. The highest BCUT2D eigenvalue weighted by atomic mass is 79.9. The van der Waals surface area contributed by atoms with Gasteiger partial charge in [0.25, 0.3) is 0 Å². The fourth-order valence-electron chi connectivity index (χ4n) is 2.72. The van der Waals surface area contributed by atoms with Gasteiger partial charge in [0.15, 0.2) is 0 Å². The van der Waals surface area contributed by atoms with Gasteiger partial charge in [-0.25, -0.2) is 4.39 Å². The van der Waals surface area contributed by atoms with E-state index in [4.69, 9.17) is 5.73 Å². The Morgan fingerprint density at radius 2 is 2.05 bits per heavy atom. The third kappa shape index (κ3) is 4.28. The van der Waals surface area contributed by atoms with E-state index in [-0.39, 0.29) is 18.3 Å². The summed E-state index contributed by atoms with van der Waals surface area (Å²) in [6.07, 6.45) is 4.55. The Morgan fingerprint density at radius 1 is 1.37 bits per heavy atom. The molecule has 1 aliphatic rings. The van der Waals surface area contributed by atoms with E-state index >= 15 is 0 Å². The van der Waals surface area contributed by atoms with Crippen molar-refractivity contribution in [3.8, 4) is 0 Å². The average molecular weight is 329 g/mol. The molecule has 0 aliphatic heterocycles. The average Bonchev–Trinajstić information content (AvgIpc) is 2.79. The normalized spacial score (nSPS) is 16.2. The highest BCUT2D eigenvalue weighted by Crippen LogP contribution is 2.25. The molecule has 0 aromatic heterocycles. The van der Waals surface area contributed by atoms with Gasteiger partial charge in [0, 0.05) is 17.1 Å². The Bertz CT molecular complexity index is 441. The van der Waals surface area contributed by atoms with E-state index in [1.54, 1.807) is 0 Å². The SMILES string of the molecule is NC(=O)CN(Cc1cc(F)cc(Br)c1)C1CCCC1. The molecule has 1 aromatic rings. The molecule has 0 atom stereocenters. The van der Waals surface area contributed by atoms with Crippen LogP contribution in [0.4, 0.5) is 4.39 Å². The third-order valence-corrected chi connectivity index (χ3v) is 3.97. The van der Waals surface area contributed by atoms with Gasteiger partial charge in [0.1, 0.15) is 5.82 Å². The minimum Gasteiger partial charge on any atom is -0.369 e. The van der Waals surface area contributed by atoms with Crippen LogP contribution >= 0.6 is 15.9 Å². The van der Waals surface area contributed by atoms with Gasteiger partial charge in [-0.3, -0.25) is 9.69 Å². The molecule has 104 valence electrons. The van der Waals surface area contributed by atoms with Crippen molar-refractivity contribution in [2.75, 3.05) is 6.54 Å². The summed E-state index contributed by atoms with van der Waals surface area (Å²) in [5.74, 6) is -0.600. The van der Waals surface area contributed by atoms with Gasteiger partial charge in [-0.05, 0) is 36.6 Å². The van der Waals surface area contributed by atoms with Crippen LogP contribution in [0.1, 0.15) is 31.2 Å². The number of benzene rings is 1. The van der Waals surface area contributed by atoms with Crippen LogP contribution in [-0.2, 0) is 11.3 Å². The summed E-state index contributed by atoms with van der Waals surface area (Å²) >= 11 is 3.29. The lowest BCUT2D eigenvalue weighted by Crippen LogP contribution is -2.39. The molecule has 0 saturated heterocycles. The van der Waals surface area contributed by atoms with Crippen molar-refractivity contribution < 1.29 is 9.18 Å². The monoisotopic (exact) mass is 328 g/mol. The summed E-state index contributed by atoms with van der Waals surface area (Å²) in [7, 11) is 0. The summed E-state index contributed by atoms with van der Waals surface area (Å²) in [4.78, 5) is 13.3. The lowest BCUT2D eigenvalue weighted by Gasteiger charge is -2.27. The number of halogens is 2. The molecule has 3 nitrogen and oxygen atoms in total. The van der Waals surface area contributed by atoms with Gasteiger partial charge in [0.05, 0.1) is 6.54 Å². The minimum absolute atomic E-state index is 0.235. The van der Waals surface area contributed by atoms with Crippen LogP contribution in [0, 0.1) is 5.82 Å². The van der Waals surface area contributed by atoms with Crippen molar-refractivity contribution in [1.82, 2.24) is 4.90 Å². The Kier molecular flexibility index (Phi) is 4.93. The maximum Gasteiger partial charge on any atom is 0.231 e. The van der Waals surface area contributed by atoms with Crippen LogP contribution in [0.3, 0.4) is 0 Å². The third-order valence-electron chi connectivity index (χ3n) is 3.51. The number of nitrogens with two attached hydrogens (primary N) is 1. The first-order chi connectivity index (χ1) is 9.04. The maximum absolute atomic E-state index is 13.4.